The first-order valence-corrected chi connectivity index (χ1v) is 11.2. The Bertz CT molecular complexity index is 1010. The quantitative estimate of drug-likeness (QED) is 0.534. The van der Waals surface area contributed by atoms with Crippen LogP contribution < -0.4 is 5.32 Å². The zero-order chi connectivity index (χ0) is 21.9. The van der Waals surface area contributed by atoms with Crippen molar-refractivity contribution in [2.45, 2.75) is 44.6 Å². The highest BCUT2D eigenvalue weighted by atomic mass is 32.2. The molecule has 156 valence electrons. The van der Waals surface area contributed by atoms with Crippen molar-refractivity contribution in [3.63, 3.8) is 0 Å². The van der Waals surface area contributed by atoms with Gasteiger partial charge in [-0.2, -0.15) is 0 Å². The van der Waals surface area contributed by atoms with Gasteiger partial charge in [-0.1, -0.05) is 52.0 Å². The number of nitro benzene ring substituents is 1. The van der Waals surface area contributed by atoms with Crippen molar-refractivity contribution >= 4 is 21.4 Å². The van der Waals surface area contributed by atoms with E-state index in [2.05, 4.69) is 19.2 Å². The maximum absolute atomic E-state index is 12.8. The monoisotopic (exact) mass is 418 g/mol. The molecule has 0 saturated carbocycles. The molecular weight excluding hydrogens is 392 g/mol. The Morgan fingerprint density at radius 3 is 2.00 bits per heavy atom. The Balaban J connectivity index is 2.39. The topological polar surface area (TPSA) is 106 Å². The van der Waals surface area contributed by atoms with Crippen molar-refractivity contribution in [2.75, 3.05) is 6.26 Å². The van der Waals surface area contributed by atoms with E-state index >= 15 is 0 Å². The second-order valence-corrected chi connectivity index (χ2v) is 9.78. The molecule has 0 spiro atoms. The second kappa shape index (κ2) is 8.73. The fourth-order valence-corrected chi connectivity index (χ4v) is 3.66. The van der Waals surface area contributed by atoms with E-state index in [-0.39, 0.29) is 22.4 Å². The zero-order valence-corrected chi connectivity index (χ0v) is 18.0. The minimum atomic E-state index is -3.71. The number of nitrogens with one attached hydrogen (secondary N) is 1. The number of hydrogen-bond acceptors (Lipinski definition) is 5. The number of carbonyl (C=O) groups excluding carboxylic acids is 1. The normalized spacial score (nSPS) is 12.8. The van der Waals surface area contributed by atoms with Crippen LogP contribution in [0.1, 0.15) is 61.1 Å². The minimum Gasteiger partial charge on any atom is -0.345 e. The molecule has 0 bridgehead atoms. The number of non-ortho nitro benzene ring substituents is 1. The first-order valence-electron chi connectivity index (χ1n) is 9.30. The Morgan fingerprint density at radius 1 is 1.00 bits per heavy atom. The summed E-state index contributed by atoms with van der Waals surface area (Å²) in [4.78, 5) is 23.0. The zero-order valence-electron chi connectivity index (χ0n) is 17.2. The van der Waals surface area contributed by atoms with Crippen molar-refractivity contribution in [1.29, 1.82) is 0 Å². The molecule has 0 aromatic heterocycles. The number of amides is 1. The molecule has 1 unspecified atom stereocenters. The number of sulfone groups is 1. The molecule has 0 aliphatic heterocycles. The smallest absolute Gasteiger partial charge is 0.271 e. The van der Waals surface area contributed by atoms with Crippen LogP contribution in [0.25, 0.3) is 0 Å². The van der Waals surface area contributed by atoms with Gasteiger partial charge in [-0.25, -0.2) is 8.42 Å². The summed E-state index contributed by atoms with van der Waals surface area (Å²) in [7, 11) is -3.71. The van der Waals surface area contributed by atoms with Crippen LogP contribution in [0.3, 0.4) is 0 Å². The molecule has 0 heterocycles. The minimum absolute atomic E-state index is 0.0527. The van der Waals surface area contributed by atoms with Crippen LogP contribution in [0.5, 0.6) is 0 Å². The third-order valence-corrected chi connectivity index (χ3v) is 5.80. The lowest BCUT2D eigenvalue weighted by Gasteiger charge is -2.23. The summed E-state index contributed by atoms with van der Waals surface area (Å²) in [5, 5.41) is 14.1. The standard InChI is InChI=1S/C21H26N2O5S/c1-13(2)15-6-8-16(9-7-15)20(14(3)4)22-21(24)17-10-18(23(25)26)12-19(11-17)29(5,27)28/h6-14,20H,1-5H3,(H,22,24). The van der Waals surface area contributed by atoms with Crippen molar-refractivity contribution < 1.29 is 18.1 Å². The van der Waals surface area contributed by atoms with Crippen molar-refractivity contribution in [1.82, 2.24) is 5.32 Å². The molecule has 0 saturated heterocycles. The third-order valence-electron chi connectivity index (χ3n) is 4.71. The van der Waals surface area contributed by atoms with Crippen LogP contribution in [0.15, 0.2) is 47.4 Å². The number of rotatable bonds is 7. The third kappa shape index (κ3) is 5.63. The predicted octanol–water partition coefficient (Wildman–Crippen LogP) is 4.25. The van der Waals surface area contributed by atoms with Crippen molar-refractivity contribution in [3.8, 4) is 0 Å². The number of nitrogens with zero attached hydrogens (tertiary/aromatic N) is 1. The van der Waals surface area contributed by atoms with Gasteiger partial charge in [-0.05, 0) is 29.0 Å². The Labute approximate surface area is 171 Å². The average Bonchev–Trinajstić information content (AvgIpc) is 2.64. The number of carbonyl (C=O) groups is 1. The van der Waals surface area contributed by atoms with Crippen LogP contribution in [0.2, 0.25) is 0 Å². The molecule has 2 aromatic carbocycles. The summed E-state index contributed by atoms with van der Waals surface area (Å²) in [5.41, 5.74) is 1.58. The molecule has 0 radical (unpaired) electrons. The molecule has 2 aromatic rings. The molecule has 7 nitrogen and oxygen atoms in total. The highest BCUT2D eigenvalue weighted by Gasteiger charge is 2.23. The van der Waals surface area contributed by atoms with Crippen molar-refractivity contribution in [3.05, 3.63) is 69.3 Å². The van der Waals surface area contributed by atoms with Crippen LogP contribution in [-0.4, -0.2) is 25.5 Å². The molecule has 29 heavy (non-hydrogen) atoms. The molecule has 1 N–H and O–H groups in total. The van der Waals surface area contributed by atoms with E-state index in [1.54, 1.807) is 0 Å². The summed E-state index contributed by atoms with van der Waals surface area (Å²) >= 11 is 0. The van der Waals surface area contributed by atoms with Gasteiger partial charge < -0.3 is 5.32 Å². The predicted molar refractivity (Wildman–Crippen MR) is 112 cm³/mol. The lowest BCUT2D eigenvalue weighted by atomic mass is 9.93. The van der Waals surface area contributed by atoms with Gasteiger partial charge in [0, 0.05) is 24.0 Å². The number of hydrogen-bond donors (Lipinski definition) is 1. The maximum Gasteiger partial charge on any atom is 0.271 e. The van der Waals surface area contributed by atoms with E-state index in [1.165, 1.54) is 5.56 Å². The molecule has 0 aliphatic rings. The molecule has 1 amide bonds. The summed E-state index contributed by atoms with van der Waals surface area (Å²) in [6.07, 6.45) is 0.945. The fourth-order valence-electron chi connectivity index (χ4n) is 2.98. The summed E-state index contributed by atoms with van der Waals surface area (Å²) in [6.45, 7) is 8.10. The average molecular weight is 419 g/mol. The van der Waals surface area contributed by atoms with E-state index in [0.717, 1.165) is 30.0 Å². The van der Waals surface area contributed by atoms with Gasteiger partial charge in [0.2, 0.25) is 0 Å². The first kappa shape index (κ1) is 22.5. The van der Waals surface area contributed by atoms with E-state index in [0.29, 0.717) is 5.92 Å². The number of benzene rings is 2. The first-order chi connectivity index (χ1) is 13.4. The summed E-state index contributed by atoms with van der Waals surface area (Å²) < 4.78 is 23.7. The maximum atomic E-state index is 12.8. The molecule has 1 atom stereocenters. The Hall–Kier alpha value is -2.74. The molecule has 2 rings (SSSR count). The SMILES string of the molecule is CC(C)c1ccc(C(NC(=O)c2cc([N+](=O)[O-])cc(S(C)(=O)=O)c2)C(C)C)cc1. The highest BCUT2D eigenvalue weighted by Crippen LogP contribution is 2.26. The van der Waals surface area contributed by atoms with E-state index in [1.807, 2.05) is 38.1 Å². The highest BCUT2D eigenvalue weighted by molar-refractivity contribution is 7.90. The van der Waals surface area contributed by atoms with Gasteiger partial charge in [0.25, 0.3) is 11.6 Å². The summed E-state index contributed by atoms with van der Waals surface area (Å²) in [6, 6.07) is 10.8. The van der Waals surface area contributed by atoms with Crippen LogP contribution in [0.4, 0.5) is 5.69 Å². The number of nitro groups is 1. The van der Waals surface area contributed by atoms with E-state index < -0.39 is 26.4 Å². The lowest BCUT2D eigenvalue weighted by Crippen LogP contribution is -2.32. The fraction of sp³-hybridized carbons (Fsp3) is 0.381. The summed E-state index contributed by atoms with van der Waals surface area (Å²) in [5.74, 6) is -0.127. The second-order valence-electron chi connectivity index (χ2n) is 7.76. The van der Waals surface area contributed by atoms with Gasteiger partial charge in [0.1, 0.15) is 0 Å². The molecule has 8 heteroatoms. The lowest BCUT2D eigenvalue weighted by molar-refractivity contribution is -0.385. The van der Waals surface area contributed by atoms with Gasteiger partial charge >= 0.3 is 0 Å². The molecule has 0 aliphatic carbocycles. The van der Waals surface area contributed by atoms with Gasteiger partial charge in [-0.3, -0.25) is 14.9 Å². The van der Waals surface area contributed by atoms with Crippen LogP contribution in [0, 0.1) is 16.0 Å². The largest absolute Gasteiger partial charge is 0.345 e. The van der Waals surface area contributed by atoms with Gasteiger partial charge in [0.15, 0.2) is 9.84 Å². The van der Waals surface area contributed by atoms with Crippen LogP contribution in [-0.2, 0) is 9.84 Å². The van der Waals surface area contributed by atoms with Gasteiger partial charge in [0.05, 0.1) is 15.9 Å². The van der Waals surface area contributed by atoms with Crippen molar-refractivity contribution in [2.24, 2.45) is 5.92 Å². The van der Waals surface area contributed by atoms with E-state index in [9.17, 15) is 23.3 Å². The molecular formula is C21H26N2O5S. The van der Waals surface area contributed by atoms with E-state index in [4.69, 9.17) is 0 Å². The Morgan fingerprint density at radius 2 is 1.55 bits per heavy atom. The molecule has 0 fully saturated rings. The Kier molecular flexibility index (Phi) is 6.79. The van der Waals surface area contributed by atoms with Gasteiger partial charge in [-0.15, -0.1) is 0 Å². The van der Waals surface area contributed by atoms with Crippen LogP contribution >= 0.6 is 0 Å².